The summed E-state index contributed by atoms with van der Waals surface area (Å²) >= 11 is 0. The van der Waals surface area contributed by atoms with E-state index in [-0.39, 0.29) is 48.0 Å². The fourth-order valence-electron chi connectivity index (χ4n) is 4.39. The number of aromatic hydroxyl groups is 2. The molecular weight excluding hydrogens is 406 g/mol. The summed E-state index contributed by atoms with van der Waals surface area (Å²) in [6.45, 7) is 4.27. The molecule has 31 heavy (non-hydrogen) atoms. The van der Waals surface area contributed by atoms with Crippen molar-refractivity contribution in [2.45, 2.75) is 26.0 Å². The van der Waals surface area contributed by atoms with E-state index in [0.29, 0.717) is 12.1 Å². The van der Waals surface area contributed by atoms with Gasteiger partial charge in [0, 0.05) is 25.6 Å². The summed E-state index contributed by atoms with van der Waals surface area (Å²) < 4.78 is 0. The summed E-state index contributed by atoms with van der Waals surface area (Å²) in [5, 5.41) is 41.5. The Kier molecular flexibility index (Phi) is 6.23. The topological polar surface area (TPSA) is 151 Å². The average Bonchev–Trinajstić information content (AvgIpc) is 2.92. The highest BCUT2D eigenvalue weighted by Crippen LogP contribution is 2.47. The van der Waals surface area contributed by atoms with Crippen LogP contribution in [0, 0.1) is 11.8 Å². The van der Waals surface area contributed by atoms with Crippen LogP contribution < -0.4 is 5.32 Å². The van der Waals surface area contributed by atoms with Gasteiger partial charge in [-0.2, -0.15) is 0 Å². The van der Waals surface area contributed by atoms with Crippen molar-refractivity contribution >= 4 is 17.8 Å². The van der Waals surface area contributed by atoms with Crippen LogP contribution in [0.4, 0.5) is 0 Å². The summed E-state index contributed by atoms with van der Waals surface area (Å²) in [6.07, 6.45) is -0.854. The number of nitrogens with one attached hydrogen (secondary N) is 1. The van der Waals surface area contributed by atoms with Crippen LogP contribution in [0.2, 0.25) is 0 Å². The normalized spacial score (nSPS) is 23.6. The van der Waals surface area contributed by atoms with Gasteiger partial charge >= 0.3 is 5.97 Å². The summed E-state index contributed by atoms with van der Waals surface area (Å²) in [6, 6.07) is 3.74. The first-order valence-electron chi connectivity index (χ1n) is 10.0. The van der Waals surface area contributed by atoms with Gasteiger partial charge in [-0.1, -0.05) is 13.0 Å². The fraction of sp³-hybridized carbons (Fsp3) is 0.476. The number of β-lactam (4-membered cyclic amide) rings is 1. The highest BCUT2D eigenvalue weighted by Gasteiger charge is 2.59. The number of aliphatic carboxylic acids is 1. The van der Waals surface area contributed by atoms with Gasteiger partial charge in [0.2, 0.25) is 5.91 Å². The molecule has 0 aliphatic carbocycles. The minimum atomic E-state index is -1.18. The Labute approximate surface area is 179 Å². The molecule has 0 aromatic heterocycles. The smallest absolute Gasteiger partial charge is 0.352 e. The van der Waals surface area contributed by atoms with Gasteiger partial charge in [-0.05, 0) is 31.7 Å². The monoisotopic (exact) mass is 433 g/mol. The van der Waals surface area contributed by atoms with Crippen LogP contribution in [0.1, 0.15) is 24.2 Å². The van der Waals surface area contributed by atoms with Crippen molar-refractivity contribution in [2.24, 2.45) is 11.8 Å². The molecule has 2 aliphatic heterocycles. The second-order valence-corrected chi connectivity index (χ2v) is 8.10. The maximum atomic E-state index is 12.4. The van der Waals surface area contributed by atoms with Crippen molar-refractivity contribution in [3.8, 4) is 11.5 Å². The molecule has 0 saturated carbocycles. The Morgan fingerprint density at radius 1 is 1.29 bits per heavy atom. The highest BCUT2D eigenvalue weighted by molar-refractivity contribution is 6.00. The molecule has 1 saturated heterocycles. The van der Waals surface area contributed by atoms with Gasteiger partial charge in [-0.3, -0.25) is 9.59 Å². The number of aliphatic hydroxyl groups excluding tert-OH is 1. The van der Waals surface area contributed by atoms with Crippen LogP contribution in [-0.2, 0) is 9.59 Å². The minimum absolute atomic E-state index is 0.0278. The molecule has 0 spiro atoms. The van der Waals surface area contributed by atoms with Gasteiger partial charge in [0.15, 0.2) is 11.5 Å². The van der Waals surface area contributed by atoms with Gasteiger partial charge in [0.05, 0.1) is 23.6 Å². The number of carbonyl (C=O) groups excluding carboxylic acids is 2. The number of carboxylic acid groups (broad SMARTS) is 1. The molecule has 2 amide bonds. The van der Waals surface area contributed by atoms with E-state index in [9.17, 15) is 34.8 Å². The Morgan fingerprint density at radius 3 is 2.58 bits per heavy atom. The number of para-hydroxylation sites is 1. The number of fused-ring (bicyclic) bond motifs is 1. The molecule has 1 fully saturated rings. The molecule has 4 atom stereocenters. The van der Waals surface area contributed by atoms with Crippen molar-refractivity contribution in [1.29, 1.82) is 0 Å². The molecule has 2 heterocycles. The summed E-state index contributed by atoms with van der Waals surface area (Å²) in [7, 11) is 1.76. The first kappa shape index (κ1) is 22.6. The lowest BCUT2D eigenvalue weighted by molar-refractivity contribution is -0.163. The number of likely N-dealkylation sites (N-methyl/N-ethyl adjacent to an activating group) is 1. The molecule has 0 bridgehead atoms. The Bertz CT molecular complexity index is 943. The van der Waals surface area contributed by atoms with Gasteiger partial charge in [0.25, 0.3) is 5.91 Å². The highest BCUT2D eigenvalue weighted by atomic mass is 16.4. The van der Waals surface area contributed by atoms with Crippen molar-refractivity contribution in [3.05, 3.63) is 35.0 Å². The molecule has 10 nitrogen and oxygen atoms in total. The Balaban J connectivity index is 1.63. The lowest BCUT2D eigenvalue weighted by Crippen LogP contribution is -2.63. The minimum Gasteiger partial charge on any atom is -0.504 e. The molecule has 1 aromatic rings. The number of nitrogens with zero attached hydrogens (tertiary/aromatic N) is 2. The van der Waals surface area contributed by atoms with E-state index in [1.807, 2.05) is 11.8 Å². The summed E-state index contributed by atoms with van der Waals surface area (Å²) in [5.41, 5.74) is 0.531. The van der Waals surface area contributed by atoms with Crippen LogP contribution in [0.5, 0.6) is 11.5 Å². The zero-order valence-corrected chi connectivity index (χ0v) is 17.6. The van der Waals surface area contributed by atoms with Crippen LogP contribution in [0.3, 0.4) is 0 Å². The lowest BCUT2D eigenvalue weighted by atomic mass is 9.77. The van der Waals surface area contributed by atoms with E-state index in [1.165, 1.54) is 30.0 Å². The van der Waals surface area contributed by atoms with E-state index in [2.05, 4.69) is 5.32 Å². The first-order chi connectivity index (χ1) is 14.6. The molecule has 5 N–H and O–H groups in total. The number of hydrogen-bond acceptors (Lipinski definition) is 7. The molecular formula is C21H27N3O7. The zero-order chi connectivity index (χ0) is 23.0. The fourth-order valence-corrected chi connectivity index (χ4v) is 4.39. The number of phenols is 2. The molecule has 1 aromatic carbocycles. The number of benzene rings is 1. The van der Waals surface area contributed by atoms with Crippen LogP contribution in [0.15, 0.2) is 29.5 Å². The Hall–Kier alpha value is -3.11. The lowest BCUT2D eigenvalue weighted by Gasteiger charge is -2.46. The number of aliphatic hydroxyl groups is 1. The largest absolute Gasteiger partial charge is 0.504 e. The second kappa shape index (κ2) is 8.56. The second-order valence-electron chi connectivity index (χ2n) is 8.10. The quantitative estimate of drug-likeness (QED) is 0.283. The van der Waals surface area contributed by atoms with Crippen LogP contribution in [-0.4, -0.2) is 86.8 Å². The Morgan fingerprint density at radius 2 is 1.97 bits per heavy atom. The number of carbonyl (C=O) groups is 3. The van der Waals surface area contributed by atoms with E-state index in [0.717, 1.165) is 0 Å². The van der Waals surface area contributed by atoms with E-state index < -0.39 is 29.6 Å². The average molecular weight is 433 g/mol. The van der Waals surface area contributed by atoms with Gasteiger partial charge in [0.1, 0.15) is 5.70 Å². The standard InChI is InChI=1S/C21H27N3O7/c1-10-13(17(21(30)31)24-16(10)15(11(2)25)20(24)29)9-23(3)8-7-22-19(28)12-5-4-6-14(26)18(12)27/h4-6,10-11,15-16,25-27H,7-9H2,1-3H3,(H,22,28)(H,30,31)/t10?,11?,15-,16-/m1/s1. The zero-order valence-electron chi connectivity index (χ0n) is 17.6. The number of hydrogen-bond donors (Lipinski definition) is 5. The van der Waals surface area contributed by atoms with Crippen molar-refractivity contribution < 1.29 is 34.8 Å². The van der Waals surface area contributed by atoms with Crippen molar-refractivity contribution in [2.75, 3.05) is 26.7 Å². The van der Waals surface area contributed by atoms with E-state index in [4.69, 9.17) is 0 Å². The van der Waals surface area contributed by atoms with E-state index in [1.54, 1.807) is 7.05 Å². The van der Waals surface area contributed by atoms with Crippen molar-refractivity contribution in [1.82, 2.24) is 15.1 Å². The maximum Gasteiger partial charge on any atom is 0.352 e. The third-order valence-corrected chi connectivity index (χ3v) is 6.00. The van der Waals surface area contributed by atoms with Gasteiger partial charge < -0.3 is 35.5 Å². The van der Waals surface area contributed by atoms with E-state index >= 15 is 0 Å². The number of rotatable bonds is 8. The maximum absolute atomic E-state index is 12.4. The van der Waals surface area contributed by atoms with Crippen LogP contribution >= 0.6 is 0 Å². The molecule has 10 heteroatoms. The molecule has 0 radical (unpaired) electrons. The number of phenolic OH excluding ortho intramolecular Hbond substituents is 2. The first-order valence-corrected chi connectivity index (χ1v) is 10.0. The van der Waals surface area contributed by atoms with Crippen molar-refractivity contribution in [3.63, 3.8) is 0 Å². The van der Waals surface area contributed by atoms with Crippen LogP contribution in [0.25, 0.3) is 0 Å². The molecule has 2 aliphatic rings. The SMILES string of the molecule is CC(O)[C@H]1C(=O)N2C(C(=O)O)=C(CN(C)CCNC(=O)c3cccc(O)c3O)C(C)[C@H]12. The van der Waals surface area contributed by atoms with Gasteiger partial charge in [-0.15, -0.1) is 0 Å². The predicted molar refractivity (Wildman–Crippen MR) is 109 cm³/mol. The molecule has 168 valence electrons. The molecule has 3 rings (SSSR count). The third kappa shape index (κ3) is 3.96. The van der Waals surface area contributed by atoms with Gasteiger partial charge in [-0.25, -0.2) is 4.79 Å². The number of amides is 2. The summed E-state index contributed by atoms with van der Waals surface area (Å²) in [4.78, 5) is 39.5. The molecule has 2 unspecified atom stereocenters. The predicted octanol–water partition coefficient (Wildman–Crippen LogP) is -0.0444. The third-order valence-electron chi connectivity index (χ3n) is 6.00. The summed E-state index contributed by atoms with van der Waals surface area (Å²) in [5.74, 6) is -3.81. The number of carboxylic acids is 1.